The summed E-state index contributed by atoms with van der Waals surface area (Å²) in [6, 6.07) is 12.5. The highest BCUT2D eigenvalue weighted by Crippen LogP contribution is 2.37. The van der Waals surface area contributed by atoms with Crippen LogP contribution >= 0.6 is 0 Å². The van der Waals surface area contributed by atoms with Gasteiger partial charge in [-0.25, -0.2) is 0 Å². The van der Waals surface area contributed by atoms with Gasteiger partial charge in [0.1, 0.15) is 0 Å². The maximum Gasteiger partial charge on any atom is 0.00813 e. The largest absolute Gasteiger partial charge is 0.311 e. The lowest BCUT2D eigenvalue weighted by atomic mass is 9.75. The molecule has 1 aromatic rings. The molecule has 110 valence electrons. The lowest BCUT2D eigenvalue weighted by Crippen LogP contribution is -2.47. The van der Waals surface area contributed by atoms with Gasteiger partial charge in [0.05, 0.1) is 0 Å². The highest BCUT2D eigenvalue weighted by atomic mass is 15.0. The molecule has 2 saturated carbocycles. The Hall–Kier alpha value is -0.820. The topological polar surface area (TPSA) is 12.0 Å². The Labute approximate surface area is 124 Å². The molecule has 0 bridgehead atoms. The van der Waals surface area contributed by atoms with Gasteiger partial charge >= 0.3 is 0 Å². The molecule has 1 atom stereocenters. The second-order valence-electron chi connectivity index (χ2n) is 6.98. The van der Waals surface area contributed by atoms with E-state index in [1.807, 2.05) is 0 Å². The summed E-state index contributed by atoms with van der Waals surface area (Å²) in [5, 5.41) is 3.91. The third-order valence-corrected chi connectivity index (χ3v) is 5.51. The van der Waals surface area contributed by atoms with Crippen molar-refractivity contribution in [3.05, 3.63) is 35.9 Å². The van der Waals surface area contributed by atoms with Crippen molar-refractivity contribution in [3.8, 4) is 0 Å². The van der Waals surface area contributed by atoms with Crippen LogP contribution in [0.1, 0.15) is 69.8 Å². The molecule has 0 spiro atoms. The standard InChI is InChI=1S/C19H29N/c1-15(16-9-5-2-3-6-10-16)20-19-13-18(14-19)17-11-7-4-8-12-17/h4,7-8,11-12,15-16,18-20H,2-3,5-6,9-10,13-14H2,1H3/t15-,18?,19?/m0/s1. The summed E-state index contributed by atoms with van der Waals surface area (Å²) in [6.45, 7) is 2.42. The number of hydrogen-bond acceptors (Lipinski definition) is 1. The van der Waals surface area contributed by atoms with Crippen LogP contribution in [0.5, 0.6) is 0 Å². The number of nitrogens with one attached hydrogen (secondary N) is 1. The number of hydrogen-bond donors (Lipinski definition) is 1. The monoisotopic (exact) mass is 271 g/mol. The molecule has 0 saturated heterocycles. The minimum atomic E-state index is 0.717. The van der Waals surface area contributed by atoms with E-state index in [2.05, 4.69) is 42.6 Å². The van der Waals surface area contributed by atoms with E-state index in [1.165, 1.54) is 56.9 Å². The maximum absolute atomic E-state index is 3.91. The smallest absolute Gasteiger partial charge is 0.00813 e. The first kappa shape index (κ1) is 14.1. The van der Waals surface area contributed by atoms with Crippen LogP contribution in [0.2, 0.25) is 0 Å². The zero-order valence-electron chi connectivity index (χ0n) is 12.9. The molecule has 1 N–H and O–H groups in total. The fraction of sp³-hybridized carbons (Fsp3) is 0.684. The van der Waals surface area contributed by atoms with E-state index in [1.54, 1.807) is 0 Å². The van der Waals surface area contributed by atoms with Crippen molar-refractivity contribution in [2.45, 2.75) is 76.3 Å². The summed E-state index contributed by atoms with van der Waals surface area (Å²) < 4.78 is 0. The molecule has 1 aromatic carbocycles. The maximum atomic E-state index is 3.91. The van der Waals surface area contributed by atoms with Crippen LogP contribution in [-0.2, 0) is 0 Å². The first-order valence-corrected chi connectivity index (χ1v) is 8.64. The van der Waals surface area contributed by atoms with E-state index < -0.39 is 0 Å². The quantitative estimate of drug-likeness (QED) is 0.769. The van der Waals surface area contributed by atoms with Crippen LogP contribution in [0.3, 0.4) is 0 Å². The minimum Gasteiger partial charge on any atom is -0.311 e. The van der Waals surface area contributed by atoms with Crippen molar-refractivity contribution >= 4 is 0 Å². The summed E-state index contributed by atoms with van der Waals surface area (Å²) >= 11 is 0. The van der Waals surface area contributed by atoms with Gasteiger partial charge in [0.15, 0.2) is 0 Å². The van der Waals surface area contributed by atoms with Gasteiger partial charge in [0.25, 0.3) is 0 Å². The molecular weight excluding hydrogens is 242 g/mol. The normalized spacial score (nSPS) is 29.4. The average Bonchev–Trinajstić information content (AvgIpc) is 2.72. The zero-order valence-corrected chi connectivity index (χ0v) is 12.9. The molecule has 0 heterocycles. The van der Waals surface area contributed by atoms with Crippen LogP contribution in [0.25, 0.3) is 0 Å². The van der Waals surface area contributed by atoms with Crippen LogP contribution in [0.15, 0.2) is 30.3 Å². The Bertz CT molecular complexity index is 385. The first-order chi connectivity index (χ1) is 9.83. The third-order valence-electron chi connectivity index (χ3n) is 5.51. The molecule has 2 aliphatic carbocycles. The molecule has 0 aliphatic heterocycles. The van der Waals surface area contributed by atoms with E-state index in [0.29, 0.717) is 0 Å². The molecule has 0 unspecified atom stereocenters. The van der Waals surface area contributed by atoms with Crippen molar-refractivity contribution in [1.82, 2.24) is 5.32 Å². The molecule has 20 heavy (non-hydrogen) atoms. The summed E-state index contributed by atoms with van der Waals surface area (Å²) in [4.78, 5) is 0. The summed E-state index contributed by atoms with van der Waals surface area (Å²) in [6.07, 6.45) is 11.4. The van der Waals surface area contributed by atoms with Crippen LogP contribution in [0, 0.1) is 5.92 Å². The predicted molar refractivity (Wildman–Crippen MR) is 86.0 cm³/mol. The van der Waals surface area contributed by atoms with Crippen LogP contribution in [-0.4, -0.2) is 12.1 Å². The summed E-state index contributed by atoms with van der Waals surface area (Å²) in [5.74, 6) is 1.73. The third kappa shape index (κ3) is 3.44. The van der Waals surface area contributed by atoms with E-state index in [4.69, 9.17) is 0 Å². The van der Waals surface area contributed by atoms with Crippen LogP contribution in [0.4, 0.5) is 0 Å². The van der Waals surface area contributed by atoms with Gasteiger partial charge in [0.2, 0.25) is 0 Å². The van der Waals surface area contributed by atoms with E-state index in [9.17, 15) is 0 Å². The molecule has 2 fully saturated rings. The fourth-order valence-electron chi connectivity index (χ4n) is 4.07. The van der Waals surface area contributed by atoms with Crippen molar-refractivity contribution in [3.63, 3.8) is 0 Å². The van der Waals surface area contributed by atoms with Gasteiger partial charge in [-0.05, 0) is 50.0 Å². The van der Waals surface area contributed by atoms with Gasteiger partial charge in [-0.2, -0.15) is 0 Å². The molecule has 0 aromatic heterocycles. The van der Waals surface area contributed by atoms with Crippen molar-refractivity contribution < 1.29 is 0 Å². The Morgan fingerprint density at radius 1 is 0.950 bits per heavy atom. The Morgan fingerprint density at radius 3 is 2.25 bits per heavy atom. The average molecular weight is 271 g/mol. The van der Waals surface area contributed by atoms with Crippen molar-refractivity contribution in [2.75, 3.05) is 0 Å². The Kier molecular flexibility index (Phi) is 4.77. The van der Waals surface area contributed by atoms with E-state index in [0.717, 1.165) is 23.9 Å². The molecular formula is C19H29N. The molecule has 1 heteroatoms. The predicted octanol–water partition coefficient (Wildman–Crippen LogP) is 4.88. The summed E-state index contributed by atoms with van der Waals surface area (Å²) in [5.41, 5.74) is 1.53. The van der Waals surface area contributed by atoms with Gasteiger partial charge in [-0.1, -0.05) is 56.0 Å². The van der Waals surface area contributed by atoms with E-state index >= 15 is 0 Å². The Morgan fingerprint density at radius 2 is 1.60 bits per heavy atom. The minimum absolute atomic E-state index is 0.717. The van der Waals surface area contributed by atoms with E-state index in [-0.39, 0.29) is 0 Å². The van der Waals surface area contributed by atoms with Crippen molar-refractivity contribution in [2.24, 2.45) is 5.92 Å². The van der Waals surface area contributed by atoms with Gasteiger partial charge in [0, 0.05) is 12.1 Å². The highest BCUT2D eigenvalue weighted by Gasteiger charge is 2.32. The molecule has 1 nitrogen and oxygen atoms in total. The fourth-order valence-corrected chi connectivity index (χ4v) is 4.07. The second kappa shape index (κ2) is 6.76. The molecule has 0 amide bonds. The Balaban J connectivity index is 1.44. The van der Waals surface area contributed by atoms with Gasteiger partial charge in [-0.15, -0.1) is 0 Å². The lowest BCUT2D eigenvalue weighted by molar-refractivity contribution is 0.228. The highest BCUT2D eigenvalue weighted by molar-refractivity contribution is 5.22. The second-order valence-corrected chi connectivity index (χ2v) is 6.98. The molecule has 0 radical (unpaired) electrons. The number of rotatable bonds is 4. The van der Waals surface area contributed by atoms with Gasteiger partial charge < -0.3 is 5.32 Å². The molecule has 3 rings (SSSR count). The van der Waals surface area contributed by atoms with Gasteiger partial charge in [-0.3, -0.25) is 0 Å². The number of benzene rings is 1. The zero-order chi connectivity index (χ0) is 13.8. The van der Waals surface area contributed by atoms with Crippen LogP contribution < -0.4 is 5.32 Å². The first-order valence-electron chi connectivity index (χ1n) is 8.64. The molecule has 2 aliphatic rings. The SMILES string of the molecule is C[C@H](NC1CC(c2ccccc2)C1)C1CCCCCC1. The summed E-state index contributed by atoms with van der Waals surface area (Å²) in [7, 11) is 0. The lowest BCUT2D eigenvalue weighted by Gasteiger charge is -2.39. The van der Waals surface area contributed by atoms with Crippen molar-refractivity contribution in [1.29, 1.82) is 0 Å².